The van der Waals surface area contributed by atoms with Crippen LogP contribution in [0, 0.1) is 11.6 Å². The second-order valence-electron chi connectivity index (χ2n) is 9.47. The SMILES string of the molecule is COc1ccc(CN(C)[C@@H]2[C@@H](O)[C@H](Oc3ccc(F)c(F)c3)C[C@H]2NC(=O)OC(C)(C)C)cc1. The number of methoxy groups -OCH3 is 1. The van der Waals surface area contributed by atoms with Crippen molar-refractivity contribution >= 4 is 6.09 Å². The average Bonchev–Trinajstić information content (AvgIpc) is 3.04. The molecule has 2 aromatic carbocycles. The van der Waals surface area contributed by atoms with E-state index in [4.69, 9.17) is 14.2 Å². The summed E-state index contributed by atoms with van der Waals surface area (Å²) in [6.45, 7) is 5.77. The number of ether oxygens (including phenoxy) is 3. The molecule has 1 amide bonds. The largest absolute Gasteiger partial charge is 0.497 e. The number of carbonyl (C=O) groups excluding carboxylic acids is 1. The number of nitrogens with zero attached hydrogens (tertiary/aromatic N) is 1. The average molecular weight is 479 g/mol. The Morgan fingerprint density at radius 3 is 2.35 bits per heavy atom. The second kappa shape index (κ2) is 10.6. The monoisotopic (exact) mass is 478 g/mol. The van der Waals surface area contributed by atoms with Crippen LogP contribution in [0.4, 0.5) is 13.6 Å². The standard InChI is InChI=1S/C25H32F2N2O5/c1-25(2,3)34-24(31)28-20-13-21(33-17-10-11-18(26)19(27)12-17)23(30)22(20)29(4)14-15-6-8-16(32-5)9-7-15/h6-12,20-23,30H,13-14H2,1-5H3,(H,28,31)/t20-,21-,22+,23+/m1/s1. The summed E-state index contributed by atoms with van der Waals surface area (Å²) in [6, 6.07) is 9.70. The molecule has 3 rings (SSSR count). The molecule has 186 valence electrons. The van der Waals surface area contributed by atoms with E-state index in [0.29, 0.717) is 6.54 Å². The Hall–Kier alpha value is -2.91. The summed E-state index contributed by atoms with van der Waals surface area (Å²) in [7, 11) is 3.43. The number of carbonyl (C=O) groups is 1. The van der Waals surface area contributed by atoms with Gasteiger partial charge in [-0.05, 0) is 57.6 Å². The van der Waals surface area contributed by atoms with Crippen LogP contribution in [0.25, 0.3) is 0 Å². The molecule has 0 spiro atoms. The minimum atomic E-state index is -1.04. The van der Waals surface area contributed by atoms with Gasteiger partial charge in [-0.2, -0.15) is 0 Å². The predicted molar refractivity (Wildman–Crippen MR) is 123 cm³/mol. The first-order valence-corrected chi connectivity index (χ1v) is 11.1. The molecule has 0 unspecified atom stereocenters. The summed E-state index contributed by atoms with van der Waals surface area (Å²) >= 11 is 0. The Morgan fingerprint density at radius 2 is 1.76 bits per heavy atom. The summed E-state index contributed by atoms with van der Waals surface area (Å²) < 4.78 is 43.3. The van der Waals surface area contributed by atoms with Gasteiger partial charge in [-0.3, -0.25) is 4.90 Å². The molecule has 1 fully saturated rings. The van der Waals surface area contributed by atoms with Gasteiger partial charge in [0.25, 0.3) is 0 Å². The van der Waals surface area contributed by atoms with E-state index in [0.717, 1.165) is 23.4 Å². The van der Waals surface area contributed by atoms with E-state index in [-0.39, 0.29) is 12.2 Å². The number of aliphatic hydroxyl groups excluding tert-OH is 1. The lowest BCUT2D eigenvalue weighted by Crippen LogP contribution is -2.52. The van der Waals surface area contributed by atoms with Crippen molar-refractivity contribution < 1.29 is 32.9 Å². The van der Waals surface area contributed by atoms with Crippen molar-refractivity contribution in [2.24, 2.45) is 0 Å². The number of aliphatic hydroxyl groups is 1. The summed E-state index contributed by atoms with van der Waals surface area (Å²) in [5, 5.41) is 14.0. The lowest BCUT2D eigenvalue weighted by Gasteiger charge is -2.32. The minimum Gasteiger partial charge on any atom is -0.497 e. The van der Waals surface area contributed by atoms with Gasteiger partial charge in [-0.25, -0.2) is 13.6 Å². The van der Waals surface area contributed by atoms with Crippen molar-refractivity contribution in [3.05, 3.63) is 59.7 Å². The fourth-order valence-electron chi connectivity index (χ4n) is 4.13. The molecule has 0 heterocycles. The van der Waals surface area contributed by atoms with Gasteiger partial charge in [0, 0.05) is 19.0 Å². The van der Waals surface area contributed by atoms with E-state index in [2.05, 4.69) is 5.32 Å². The number of hydrogen-bond donors (Lipinski definition) is 2. The molecule has 7 nitrogen and oxygen atoms in total. The molecule has 0 aromatic heterocycles. The Kier molecular flexibility index (Phi) is 7.99. The molecule has 2 N–H and O–H groups in total. The van der Waals surface area contributed by atoms with E-state index in [1.165, 1.54) is 6.07 Å². The molecule has 2 aromatic rings. The maximum absolute atomic E-state index is 13.6. The maximum atomic E-state index is 13.6. The highest BCUT2D eigenvalue weighted by Crippen LogP contribution is 2.30. The normalized spacial score (nSPS) is 22.5. The first-order chi connectivity index (χ1) is 16.0. The first kappa shape index (κ1) is 25.7. The fourth-order valence-corrected chi connectivity index (χ4v) is 4.13. The summed E-state index contributed by atoms with van der Waals surface area (Å²) in [6.07, 6.45) is -2.14. The lowest BCUT2D eigenvalue weighted by molar-refractivity contribution is 0.0107. The lowest BCUT2D eigenvalue weighted by atomic mass is 10.1. The molecule has 0 bridgehead atoms. The number of halogens is 2. The van der Waals surface area contributed by atoms with E-state index >= 15 is 0 Å². The topological polar surface area (TPSA) is 80.3 Å². The zero-order chi connectivity index (χ0) is 25.0. The van der Waals surface area contributed by atoms with Gasteiger partial charge in [-0.1, -0.05) is 12.1 Å². The number of alkyl carbamates (subject to hydrolysis) is 1. The molecule has 34 heavy (non-hydrogen) atoms. The molecule has 0 radical (unpaired) electrons. The highest BCUT2D eigenvalue weighted by Gasteiger charge is 2.47. The molecule has 1 aliphatic rings. The van der Waals surface area contributed by atoms with Crippen molar-refractivity contribution in [2.45, 2.75) is 63.6 Å². The zero-order valence-electron chi connectivity index (χ0n) is 20.0. The van der Waals surface area contributed by atoms with Crippen LogP contribution in [0.2, 0.25) is 0 Å². The number of amides is 1. The predicted octanol–water partition coefficient (Wildman–Crippen LogP) is 3.88. The van der Waals surface area contributed by atoms with Crippen molar-refractivity contribution in [3.63, 3.8) is 0 Å². The van der Waals surface area contributed by atoms with Crippen molar-refractivity contribution in [3.8, 4) is 11.5 Å². The van der Waals surface area contributed by atoms with Crippen LogP contribution >= 0.6 is 0 Å². The maximum Gasteiger partial charge on any atom is 0.407 e. The number of hydrogen-bond acceptors (Lipinski definition) is 6. The quantitative estimate of drug-likeness (QED) is 0.629. The Morgan fingerprint density at radius 1 is 1.12 bits per heavy atom. The van der Waals surface area contributed by atoms with Crippen LogP contribution in [0.1, 0.15) is 32.8 Å². The van der Waals surface area contributed by atoms with Gasteiger partial charge in [0.05, 0.1) is 19.2 Å². The van der Waals surface area contributed by atoms with Gasteiger partial charge in [0.2, 0.25) is 0 Å². The van der Waals surface area contributed by atoms with Crippen LogP contribution in [-0.2, 0) is 11.3 Å². The molecule has 0 aliphatic heterocycles. The molecular weight excluding hydrogens is 446 g/mol. The third-order valence-corrected chi connectivity index (χ3v) is 5.61. The molecule has 0 saturated heterocycles. The second-order valence-corrected chi connectivity index (χ2v) is 9.47. The van der Waals surface area contributed by atoms with Crippen molar-refractivity contribution in [2.75, 3.05) is 14.2 Å². The third kappa shape index (κ3) is 6.57. The summed E-state index contributed by atoms with van der Waals surface area (Å²) in [4.78, 5) is 14.4. The van der Waals surface area contributed by atoms with E-state index < -0.39 is 47.6 Å². The van der Waals surface area contributed by atoms with Crippen molar-refractivity contribution in [1.29, 1.82) is 0 Å². The summed E-state index contributed by atoms with van der Waals surface area (Å²) in [5.74, 6) is -1.20. The molecule has 4 atom stereocenters. The van der Waals surface area contributed by atoms with Gasteiger partial charge >= 0.3 is 6.09 Å². The molecule has 9 heteroatoms. The van der Waals surface area contributed by atoms with Crippen LogP contribution in [-0.4, -0.2) is 60.1 Å². The van der Waals surface area contributed by atoms with Crippen molar-refractivity contribution in [1.82, 2.24) is 10.2 Å². The number of rotatable bonds is 7. The van der Waals surface area contributed by atoms with E-state index in [1.54, 1.807) is 27.9 Å². The van der Waals surface area contributed by atoms with Crippen LogP contribution in [0.3, 0.4) is 0 Å². The minimum absolute atomic E-state index is 0.0948. The van der Waals surface area contributed by atoms with Crippen LogP contribution < -0.4 is 14.8 Å². The van der Waals surface area contributed by atoms with Gasteiger partial charge in [0.15, 0.2) is 11.6 Å². The van der Waals surface area contributed by atoms with Gasteiger partial charge in [0.1, 0.15) is 29.3 Å². The fraction of sp³-hybridized carbons (Fsp3) is 0.480. The Labute approximate surface area is 198 Å². The molecular formula is C25H32F2N2O5. The number of likely N-dealkylation sites (N-methyl/N-ethyl adjacent to an activating group) is 1. The smallest absolute Gasteiger partial charge is 0.407 e. The van der Waals surface area contributed by atoms with Crippen LogP contribution in [0.5, 0.6) is 11.5 Å². The third-order valence-electron chi connectivity index (χ3n) is 5.61. The van der Waals surface area contributed by atoms with Gasteiger partial charge in [-0.15, -0.1) is 0 Å². The molecule has 1 aliphatic carbocycles. The van der Waals surface area contributed by atoms with Gasteiger partial charge < -0.3 is 24.6 Å². The number of nitrogens with one attached hydrogen (secondary N) is 1. The van der Waals surface area contributed by atoms with E-state index in [9.17, 15) is 18.7 Å². The first-order valence-electron chi connectivity index (χ1n) is 11.1. The van der Waals surface area contributed by atoms with E-state index in [1.807, 2.05) is 36.2 Å². The molecule has 1 saturated carbocycles. The number of benzene rings is 2. The zero-order valence-corrected chi connectivity index (χ0v) is 20.0. The Bertz CT molecular complexity index is 980. The Balaban J connectivity index is 1.78. The highest BCUT2D eigenvalue weighted by atomic mass is 19.2. The van der Waals surface area contributed by atoms with Crippen LogP contribution in [0.15, 0.2) is 42.5 Å². The summed E-state index contributed by atoms with van der Waals surface area (Å²) in [5.41, 5.74) is 0.296. The highest BCUT2D eigenvalue weighted by molar-refractivity contribution is 5.68.